The van der Waals surface area contributed by atoms with Crippen molar-refractivity contribution in [1.29, 1.82) is 0 Å². The SMILES string of the molecule is CCCCCCC(=O)Oc1cccc2c1[nH]c1ccccc12. The molecular formula is C19H21NO2. The molecule has 0 aliphatic rings. The first-order chi connectivity index (χ1) is 10.8. The summed E-state index contributed by atoms with van der Waals surface area (Å²) in [7, 11) is 0. The quantitative estimate of drug-likeness (QED) is 0.386. The predicted molar refractivity (Wildman–Crippen MR) is 90.2 cm³/mol. The zero-order valence-corrected chi connectivity index (χ0v) is 12.9. The van der Waals surface area contributed by atoms with Gasteiger partial charge in [0.1, 0.15) is 0 Å². The van der Waals surface area contributed by atoms with Gasteiger partial charge in [0.05, 0.1) is 5.52 Å². The van der Waals surface area contributed by atoms with Gasteiger partial charge in [0, 0.05) is 22.7 Å². The number of aromatic nitrogens is 1. The van der Waals surface area contributed by atoms with E-state index < -0.39 is 0 Å². The van der Waals surface area contributed by atoms with Gasteiger partial charge in [-0.3, -0.25) is 4.79 Å². The first-order valence-corrected chi connectivity index (χ1v) is 7.99. The molecule has 0 fully saturated rings. The van der Waals surface area contributed by atoms with Crippen molar-refractivity contribution in [1.82, 2.24) is 4.98 Å². The highest BCUT2D eigenvalue weighted by molar-refractivity contribution is 6.09. The molecule has 3 rings (SSSR count). The second-order valence-electron chi connectivity index (χ2n) is 5.63. The first kappa shape index (κ1) is 14.6. The zero-order valence-electron chi connectivity index (χ0n) is 12.9. The predicted octanol–water partition coefficient (Wildman–Crippen LogP) is 5.20. The largest absolute Gasteiger partial charge is 0.424 e. The molecule has 2 aromatic carbocycles. The van der Waals surface area contributed by atoms with E-state index in [0.29, 0.717) is 12.2 Å². The van der Waals surface area contributed by atoms with Crippen molar-refractivity contribution in [2.75, 3.05) is 0 Å². The molecule has 0 radical (unpaired) electrons. The van der Waals surface area contributed by atoms with Crippen molar-refractivity contribution < 1.29 is 9.53 Å². The van der Waals surface area contributed by atoms with Crippen molar-refractivity contribution >= 4 is 27.8 Å². The minimum Gasteiger partial charge on any atom is -0.424 e. The molecule has 0 saturated heterocycles. The van der Waals surface area contributed by atoms with E-state index in [0.717, 1.165) is 34.6 Å². The fourth-order valence-electron chi connectivity index (χ4n) is 2.80. The van der Waals surface area contributed by atoms with Crippen LogP contribution >= 0.6 is 0 Å². The van der Waals surface area contributed by atoms with Gasteiger partial charge >= 0.3 is 5.97 Å². The maximum absolute atomic E-state index is 12.0. The number of ether oxygens (including phenoxy) is 1. The highest BCUT2D eigenvalue weighted by atomic mass is 16.5. The molecule has 0 atom stereocenters. The van der Waals surface area contributed by atoms with E-state index in [4.69, 9.17) is 4.74 Å². The topological polar surface area (TPSA) is 42.1 Å². The van der Waals surface area contributed by atoms with Gasteiger partial charge in [0.15, 0.2) is 5.75 Å². The summed E-state index contributed by atoms with van der Waals surface area (Å²) in [5, 5.41) is 2.24. The average molecular weight is 295 g/mol. The maximum atomic E-state index is 12.0. The van der Waals surface area contributed by atoms with Gasteiger partial charge in [-0.2, -0.15) is 0 Å². The fraction of sp³-hybridized carbons (Fsp3) is 0.316. The summed E-state index contributed by atoms with van der Waals surface area (Å²) in [4.78, 5) is 15.3. The number of carbonyl (C=O) groups excluding carboxylic acids is 1. The van der Waals surface area contributed by atoms with E-state index >= 15 is 0 Å². The van der Waals surface area contributed by atoms with Crippen molar-refractivity contribution in [3.05, 3.63) is 42.5 Å². The normalized spacial score (nSPS) is 11.1. The number of H-pyrrole nitrogens is 1. The zero-order chi connectivity index (χ0) is 15.4. The average Bonchev–Trinajstić information content (AvgIpc) is 2.92. The van der Waals surface area contributed by atoms with Crippen LogP contribution in [0, 0.1) is 0 Å². The number of para-hydroxylation sites is 2. The minimum absolute atomic E-state index is 0.151. The van der Waals surface area contributed by atoms with E-state index in [-0.39, 0.29) is 5.97 Å². The Bertz CT molecular complexity index is 788. The number of nitrogens with one attached hydrogen (secondary N) is 1. The number of esters is 1. The van der Waals surface area contributed by atoms with Gasteiger partial charge in [-0.25, -0.2) is 0 Å². The molecule has 0 saturated carbocycles. The van der Waals surface area contributed by atoms with Crippen LogP contribution in [-0.4, -0.2) is 11.0 Å². The van der Waals surface area contributed by atoms with Crippen LogP contribution < -0.4 is 4.74 Å². The number of benzene rings is 2. The van der Waals surface area contributed by atoms with E-state index in [9.17, 15) is 4.79 Å². The lowest BCUT2D eigenvalue weighted by Gasteiger charge is -2.05. The highest BCUT2D eigenvalue weighted by Crippen LogP contribution is 2.31. The summed E-state index contributed by atoms with van der Waals surface area (Å²) in [6.07, 6.45) is 4.81. The summed E-state index contributed by atoms with van der Waals surface area (Å²) >= 11 is 0. The number of hydrogen-bond donors (Lipinski definition) is 1. The summed E-state index contributed by atoms with van der Waals surface area (Å²) in [6, 6.07) is 14.0. The Morgan fingerprint density at radius 2 is 1.82 bits per heavy atom. The Balaban J connectivity index is 1.80. The number of aromatic amines is 1. The summed E-state index contributed by atoms with van der Waals surface area (Å²) in [5.74, 6) is 0.469. The summed E-state index contributed by atoms with van der Waals surface area (Å²) in [5.41, 5.74) is 1.95. The lowest BCUT2D eigenvalue weighted by Crippen LogP contribution is -2.07. The lowest BCUT2D eigenvalue weighted by molar-refractivity contribution is -0.134. The number of carbonyl (C=O) groups is 1. The molecule has 3 nitrogen and oxygen atoms in total. The minimum atomic E-state index is -0.151. The maximum Gasteiger partial charge on any atom is 0.311 e. The third kappa shape index (κ3) is 2.98. The van der Waals surface area contributed by atoms with Crippen LogP contribution in [0.5, 0.6) is 5.75 Å². The molecular weight excluding hydrogens is 274 g/mol. The molecule has 22 heavy (non-hydrogen) atoms. The third-order valence-electron chi connectivity index (χ3n) is 3.96. The Kier molecular flexibility index (Phi) is 4.42. The summed E-state index contributed by atoms with van der Waals surface area (Å²) in [6.45, 7) is 2.16. The molecule has 114 valence electrons. The fourth-order valence-corrected chi connectivity index (χ4v) is 2.80. The molecule has 1 N–H and O–H groups in total. The molecule has 0 spiro atoms. The van der Waals surface area contributed by atoms with Crippen LogP contribution in [0.1, 0.15) is 39.0 Å². The van der Waals surface area contributed by atoms with E-state index in [1.165, 1.54) is 12.8 Å². The molecule has 0 aliphatic heterocycles. The van der Waals surface area contributed by atoms with Crippen molar-refractivity contribution in [2.45, 2.75) is 39.0 Å². The van der Waals surface area contributed by atoms with E-state index in [1.54, 1.807) is 0 Å². The smallest absolute Gasteiger partial charge is 0.311 e. The van der Waals surface area contributed by atoms with Crippen LogP contribution in [-0.2, 0) is 4.79 Å². The van der Waals surface area contributed by atoms with Crippen LogP contribution in [0.4, 0.5) is 0 Å². The molecule has 0 unspecified atom stereocenters. The van der Waals surface area contributed by atoms with Crippen LogP contribution in [0.15, 0.2) is 42.5 Å². The van der Waals surface area contributed by atoms with Gasteiger partial charge in [0.25, 0.3) is 0 Å². The first-order valence-electron chi connectivity index (χ1n) is 7.99. The van der Waals surface area contributed by atoms with E-state index in [2.05, 4.69) is 18.0 Å². The Morgan fingerprint density at radius 3 is 2.68 bits per heavy atom. The molecule has 1 aromatic heterocycles. The molecule has 0 amide bonds. The summed E-state index contributed by atoms with van der Waals surface area (Å²) < 4.78 is 5.57. The molecule has 3 heteroatoms. The molecule has 1 heterocycles. The molecule has 3 aromatic rings. The Morgan fingerprint density at radius 1 is 1.00 bits per heavy atom. The van der Waals surface area contributed by atoms with Crippen LogP contribution in [0.25, 0.3) is 21.8 Å². The number of fused-ring (bicyclic) bond motifs is 3. The van der Waals surface area contributed by atoms with E-state index in [1.807, 2.05) is 36.4 Å². The third-order valence-corrected chi connectivity index (χ3v) is 3.96. The van der Waals surface area contributed by atoms with Gasteiger partial charge in [0.2, 0.25) is 0 Å². The van der Waals surface area contributed by atoms with Crippen molar-refractivity contribution in [3.63, 3.8) is 0 Å². The Hall–Kier alpha value is -2.29. The second kappa shape index (κ2) is 6.65. The Labute approximate surface area is 130 Å². The van der Waals surface area contributed by atoms with Crippen LogP contribution in [0.3, 0.4) is 0 Å². The number of rotatable bonds is 6. The van der Waals surface area contributed by atoms with Crippen LogP contribution in [0.2, 0.25) is 0 Å². The molecule has 0 aliphatic carbocycles. The standard InChI is InChI=1S/C19H21NO2/c1-2-3-4-5-13-18(21)22-17-12-8-10-15-14-9-6-7-11-16(14)20-19(15)17/h6-12,20H,2-5,13H2,1H3. The lowest BCUT2D eigenvalue weighted by atomic mass is 10.1. The second-order valence-corrected chi connectivity index (χ2v) is 5.63. The monoisotopic (exact) mass is 295 g/mol. The highest BCUT2D eigenvalue weighted by Gasteiger charge is 2.11. The number of unbranched alkanes of at least 4 members (excludes halogenated alkanes) is 3. The number of hydrogen-bond acceptors (Lipinski definition) is 2. The van der Waals surface area contributed by atoms with Gasteiger partial charge in [-0.05, 0) is 18.6 Å². The van der Waals surface area contributed by atoms with Gasteiger partial charge in [-0.15, -0.1) is 0 Å². The van der Waals surface area contributed by atoms with Gasteiger partial charge < -0.3 is 9.72 Å². The van der Waals surface area contributed by atoms with Crippen molar-refractivity contribution in [2.24, 2.45) is 0 Å². The van der Waals surface area contributed by atoms with Gasteiger partial charge in [-0.1, -0.05) is 56.5 Å². The molecule has 0 bridgehead atoms. The van der Waals surface area contributed by atoms with Crippen molar-refractivity contribution in [3.8, 4) is 5.75 Å².